The zero-order valence-corrected chi connectivity index (χ0v) is 79.4. The first kappa shape index (κ1) is 89.9. The van der Waals surface area contributed by atoms with Crippen LogP contribution in [0.4, 0.5) is 0 Å². The second-order valence-corrected chi connectivity index (χ2v) is 45.2. The first-order valence-corrected chi connectivity index (χ1v) is 53.9. The van der Waals surface area contributed by atoms with E-state index in [2.05, 4.69) is 121 Å². The van der Waals surface area contributed by atoms with E-state index in [4.69, 9.17) is 18.8 Å². The molecule has 16 nitrogen and oxygen atoms in total. The third kappa shape index (κ3) is 16.2. The van der Waals surface area contributed by atoms with E-state index in [1.165, 1.54) is 10.6 Å². The SMILES string of the molecule is O=c1c2ccccc2c(=O)n2n1C(c1ccccc1)[PH+](CC[PH+]1[C@@H](c3ccccc3)n3c(=O)c4ccccc4c(=O)n3[C@@H]1c1ccccc1)[C@H]2c1ccccc1.O=c1c2ccccc2c(=O)n2n1[C@H](c1ccccc1)[PH+](c1ccccc1)[C@H]2c1ccccc1.O=c1c2ccccc2c(=O)n2n1[C@H](c1ccccc1)[PH+](c1ccccc1)[C@H]2c1ccccc1.[CH3-].[CH3-].[Cl][Pt][Cl].[Pt+2]. The van der Waals surface area contributed by atoms with Gasteiger partial charge in [0, 0.05) is 44.5 Å². The van der Waals surface area contributed by atoms with E-state index in [1.54, 1.807) is 86.0 Å². The van der Waals surface area contributed by atoms with Crippen molar-refractivity contribution in [3.8, 4) is 0 Å². The molecule has 0 amide bonds. The normalized spacial score (nSPS) is 18.2. The van der Waals surface area contributed by atoms with Crippen LogP contribution in [-0.4, -0.2) is 49.8 Å². The molecule has 0 bridgehead atoms. The average Bonchev–Trinajstić information content (AvgIpc) is 1.57. The fourth-order valence-corrected chi connectivity index (χ4v) is 35.3. The molecule has 0 N–H and O–H groups in total. The maximum absolute atomic E-state index is 14.7. The van der Waals surface area contributed by atoms with E-state index in [-0.39, 0.29) is 127 Å². The first-order chi connectivity index (χ1) is 61.4. The number of hydrogen-bond acceptors (Lipinski definition) is 8. The maximum atomic E-state index is 14.7. The van der Waals surface area contributed by atoms with Crippen LogP contribution in [0.15, 0.2) is 439 Å². The van der Waals surface area contributed by atoms with Crippen molar-refractivity contribution in [1.29, 1.82) is 0 Å². The summed E-state index contributed by atoms with van der Waals surface area (Å²) < 4.78 is 14.0. The third-order valence-corrected chi connectivity index (χ3v) is 38.5. The summed E-state index contributed by atoms with van der Waals surface area (Å²) in [6.07, 6.45) is 1.46. The summed E-state index contributed by atoms with van der Waals surface area (Å²) in [5, 5.41) is 5.97. The van der Waals surface area contributed by atoms with Gasteiger partial charge >= 0.3 is 56.4 Å². The molecule has 22 rings (SSSR count). The van der Waals surface area contributed by atoms with Crippen LogP contribution in [0.5, 0.6) is 0 Å². The van der Waals surface area contributed by atoms with Crippen molar-refractivity contribution in [2.45, 2.75) is 46.3 Å². The maximum Gasteiger partial charge on any atom is 2.00 e. The number of hydrogen-bond donors (Lipinski definition) is 0. The van der Waals surface area contributed by atoms with Gasteiger partial charge in [-0.1, -0.05) is 328 Å². The topological polar surface area (TPSA) is 176 Å². The molecule has 14 aromatic carbocycles. The average molecular weight is 2160 g/mol. The van der Waals surface area contributed by atoms with Crippen LogP contribution in [0, 0.1) is 14.9 Å². The Labute approximate surface area is 773 Å². The smallest absolute Gasteiger partial charge is 2.00 e. The fraction of sp³-hybridized carbons (Fsp3) is 0.0962. The van der Waals surface area contributed by atoms with Gasteiger partial charge in [-0.15, -0.1) is 0 Å². The van der Waals surface area contributed by atoms with Crippen LogP contribution in [0.1, 0.15) is 90.8 Å². The van der Waals surface area contributed by atoms with E-state index in [0.29, 0.717) is 43.1 Å². The van der Waals surface area contributed by atoms with Crippen molar-refractivity contribution in [2.75, 3.05) is 12.3 Å². The number of aromatic nitrogens is 8. The molecule has 18 aromatic rings. The van der Waals surface area contributed by atoms with Gasteiger partial charge in [0.1, 0.15) is 0 Å². The fourth-order valence-electron chi connectivity index (χ4n) is 19.4. The summed E-state index contributed by atoms with van der Waals surface area (Å²) in [5.74, 6) is -2.24. The Morgan fingerprint density at radius 2 is 0.312 bits per heavy atom. The molecule has 0 fully saturated rings. The first-order valence-electron chi connectivity index (χ1n) is 41.3. The van der Waals surface area contributed by atoms with Crippen molar-refractivity contribution in [2.24, 2.45) is 0 Å². The third-order valence-electron chi connectivity index (χ3n) is 24.5. The largest absolute Gasteiger partial charge is 2.00 e. The van der Waals surface area contributed by atoms with Crippen LogP contribution in [-0.2, 0) is 37.5 Å². The van der Waals surface area contributed by atoms with Crippen LogP contribution >= 0.6 is 50.5 Å². The van der Waals surface area contributed by atoms with Gasteiger partial charge in [-0.2, -0.15) is 18.7 Å². The minimum Gasteiger partial charge on any atom is 2.00 e. The predicted molar refractivity (Wildman–Crippen MR) is 526 cm³/mol. The Morgan fingerprint density at radius 1 is 0.195 bits per heavy atom. The standard InChI is InChI=1S/C46H36N4O4P2.2C28H21N2O2P.2CH3.2ClH.2Pt/c51-39-35-25-13-14-26-36(35)40(52)48-44(32-19-7-2-8-20-32)55(43(47(39)48)31-17-5-1-6-18-31)29-30-56-45(33-21-9-3-10-22-33)49-41(53)37-27-15-16-28-38(37)42(54)50(49)46(56)34-23-11-4-12-24-34;2*31-25-23-18-10-11-19-24(23)26(32)30-28(21-14-6-2-7-15-21)33(22-16-8-3-9-17-22)27(29(25)30)20-12-4-1-5-13-20;;;;;;/h1-28,43-46H,29-30H2;2*1-19,27-28H;2*1H3;2*1H;;/q;;;2*-1;;;2*+2/p+2/t43-,44-,45-,46?,56?;2*27-,28-;;;;;;/m000....../s1. The molecule has 0 aliphatic carbocycles. The van der Waals surface area contributed by atoms with Gasteiger partial charge in [-0.25, -0.2) is 18.7 Å². The van der Waals surface area contributed by atoms with Crippen LogP contribution in [0.3, 0.4) is 0 Å². The second kappa shape index (κ2) is 39.6. The molecule has 2 unspecified atom stereocenters. The van der Waals surface area contributed by atoms with Crippen molar-refractivity contribution >= 4 is 104 Å². The molecule has 642 valence electrons. The number of benzene rings is 14. The molecule has 128 heavy (non-hydrogen) atoms. The molecule has 8 heterocycles. The van der Waals surface area contributed by atoms with Crippen LogP contribution in [0.2, 0.25) is 0 Å². The Hall–Kier alpha value is -11.5. The molecule has 0 saturated carbocycles. The molecule has 4 aliphatic rings. The minimum atomic E-state index is -1.74. The minimum absolute atomic E-state index is 0. The van der Waals surface area contributed by atoms with E-state index < -0.39 is 48.2 Å². The van der Waals surface area contributed by atoms with E-state index >= 15 is 0 Å². The summed E-state index contributed by atoms with van der Waals surface area (Å²) in [6, 6.07) is 130. The van der Waals surface area contributed by atoms with Crippen LogP contribution < -0.4 is 55.1 Å². The monoisotopic (exact) mass is 2160 g/mol. The molecule has 4 aromatic heterocycles. The van der Waals surface area contributed by atoms with Gasteiger partial charge < -0.3 is 14.9 Å². The van der Waals surface area contributed by atoms with Gasteiger partial charge in [-0.3, -0.25) is 38.4 Å². The zero-order valence-electron chi connectivity index (χ0n) is 69.4. The van der Waals surface area contributed by atoms with E-state index in [1.807, 2.05) is 231 Å². The van der Waals surface area contributed by atoms with E-state index in [0.717, 1.165) is 56.8 Å². The molecule has 0 spiro atoms. The molecule has 0 radical (unpaired) electrons. The van der Waals surface area contributed by atoms with Crippen molar-refractivity contribution in [3.63, 3.8) is 0 Å². The Balaban J connectivity index is 0.000000145. The van der Waals surface area contributed by atoms with Crippen molar-refractivity contribution < 1.29 is 37.5 Å². The molecular weight excluding hydrogens is 2070 g/mol. The summed E-state index contributed by atoms with van der Waals surface area (Å²) >= 11 is -0.472. The quantitative estimate of drug-likeness (QED) is 0.0809. The molecule has 24 heteroatoms. The van der Waals surface area contributed by atoms with Gasteiger partial charge in [0.15, 0.2) is 46.3 Å². The van der Waals surface area contributed by atoms with E-state index in [9.17, 15) is 38.4 Å². The Kier molecular flexibility index (Phi) is 27.8. The number of rotatable bonds is 13. The van der Waals surface area contributed by atoms with Crippen LogP contribution in [0.25, 0.3) is 43.1 Å². The summed E-state index contributed by atoms with van der Waals surface area (Å²) in [6.45, 7) is 0. The van der Waals surface area contributed by atoms with Gasteiger partial charge in [0.25, 0.3) is 44.5 Å². The predicted octanol–water partition coefficient (Wildman–Crippen LogP) is 19.9. The van der Waals surface area contributed by atoms with Gasteiger partial charge in [0.05, 0.1) is 97.7 Å². The molecular formula is C104H88Cl2N8O8P4Pt2+4. The second-order valence-electron chi connectivity index (χ2n) is 31.2. The van der Waals surface area contributed by atoms with Gasteiger partial charge in [-0.05, 0) is 72.8 Å². The molecule has 9 atom stereocenters. The Morgan fingerprint density at radius 3 is 0.461 bits per heavy atom. The summed E-state index contributed by atoms with van der Waals surface area (Å²) in [5.41, 5.74) is 7.04. The zero-order chi connectivity index (χ0) is 85.3. The Bertz CT molecular complexity index is 6700. The summed E-state index contributed by atoms with van der Waals surface area (Å²) in [4.78, 5) is 115. The molecule has 4 aliphatic heterocycles. The van der Waals surface area contributed by atoms with Crippen molar-refractivity contribution in [3.05, 3.63) is 543 Å². The molecule has 0 saturated heterocycles. The number of halogens is 2. The number of fused-ring (bicyclic) bond motifs is 8. The summed E-state index contributed by atoms with van der Waals surface area (Å²) in [7, 11) is 3.23. The van der Waals surface area contributed by atoms with Gasteiger partial charge in [0.2, 0.25) is 0 Å². The van der Waals surface area contributed by atoms with Crippen molar-refractivity contribution in [1.82, 2.24) is 37.5 Å². The number of nitrogens with zero attached hydrogens (tertiary/aromatic N) is 8.